The highest BCUT2D eigenvalue weighted by molar-refractivity contribution is 7.99. The zero-order valence-electron chi connectivity index (χ0n) is 6.58. The summed E-state index contributed by atoms with van der Waals surface area (Å²) in [6.45, 7) is 0.994. The lowest BCUT2D eigenvalue weighted by Crippen LogP contribution is -2.33. The number of thioether (sulfide) groups is 1. The molecule has 0 spiro atoms. The number of nitrogens with zero attached hydrogens (tertiary/aromatic N) is 1. The third-order valence-corrected chi connectivity index (χ3v) is 3.52. The fourth-order valence-electron chi connectivity index (χ4n) is 1.88. The minimum absolute atomic E-state index is 0.387. The van der Waals surface area contributed by atoms with Crippen molar-refractivity contribution in [3.8, 4) is 0 Å². The van der Waals surface area contributed by atoms with Crippen LogP contribution in [0.1, 0.15) is 19.3 Å². The zero-order chi connectivity index (χ0) is 7.68. The van der Waals surface area contributed by atoms with Crippen molar-refractivity contribution in [3.05, 3.63) is 0 Å². The van der Waals surface area contributed by atoms with Gasteiger partial charge in [-0.1, -0.05) is 0 Å². The van der Waals surface area contributed by atoms with E-state index in [0.29, 0.717) is 11.9 Å². The Kier molecular flexibility index (Phi) is 2.07. The predicted molar refractivity (Wildman–Crippen MR) is 46.7 cm³/mol. The Hall–Kier alpha value is -0.180. The summed E-state index contributed by atoms with van der Waals surface area (Å²) in [5, 5.41) is 0. The van der Waals surface area contributed by atoms with Crippen molar-refractivity contribution in [1.29, 1.82) is 0 Å². The quantitative estimate of drug-likeness (QED) is 0.544. The number of hydrogen-bond acceptors (Lipinski definition) is 2. The largest absolute Gasteiger partial charge is 0.339 e. The molecule has 0 aromatic rings. The van der Waals surface area contributed by atoms with Gasteiger partial charge in [0.05, 0.1) is 0 Å². The monoisotopic (exact) mass is 171 g/mol. The molecule has 0 bridgehead atoms. The van der Waals surface area contributed by atoms with E-state index < -0.39 is 0 Å². The number of carbonyl (C=O) groups excluding carboxylic acids is 1. The summed E-state index contributed by atoms with van der Waals surface area (Å²) in [6.07, 6.45) is 3.13. The Bertz CT molecular complexity index is 171. The molecule has 0 aromatic heterocycles. The van der Waals surface area contributed by atoms with Crippen LogP contribution in [0.15, 0.2) is 0 Å². The molecule has 2 heterocycles. The van der Waals surface area contributed by atoms with Crippen LogP contribution in [0.4, 0.5) is 0 Å². The van der Waals surface area contributed by atoms with Crippen molar-refractivity contribution in [3.63, 3.8) is 0 Å². The van der Waals surface area contributed by atoms with Crippen LogP contribution in [-0.4, -0.2) is 34.9 Å². The van der Waals surface area contributed by atoms with E-state index in [-0.39, 0.29) is 0 Å². The van der Waals surface area contributed by atoms with E-state index in [0.717, 1.165) is 25.1 Å². The minimum atomic E-state index is 0.387. The van der Waals surface area contributed by atoms with E-state index in [1.54, 1.807) is 0 Å². The Morgan fingerprint density at radius 2 is 2.27 bits per heavy atom. The van der Waals surface area contributed by atoms with Crippen LogP contribution in [0.25, 0.3) is 0 Å². The van der Waals surface area contributed by atoms with Crippen LogP contribution in [0, 0.1) is 0 Å². The van der Waals surface area contributed by atoms with Crippen molar-refractivity contribution in [2.75, 3.05) is 18.1 Å². The lowest BCUT2D eigenvalue weighted by atomic mass is 10.2. The van der Waals surface area contributed by atoms with Gasteiger partial charge in [-0.2, -0.15) is 11.8 Å². The van der Waals surface area contributed by atoms with Gasteiger partial charge >= 0.3 is 0 Å². The molecule has 1 unspecified atom stereocenters. The summed E-state index contributed by atoms with van der Waals surface area (Å²) < 4.78 is 0. The van der Waals surface area contributed by atoms with Crippen LogP contribution >= 0.6 is 11.8 Å². The third-order valence-electron chi connectivity index (χ3n) is 2.52. The first-order valence-corrected chi connectivity index (χ1v) is 5.40. The molecule has 3 heteroatoms. The molecule has 2 rings (SSSR count). The second kappa shape index (κ2) is 3.05. The highest BCUT2D eigenvalue weighted by Crippen LogP contribution is 2.25. The van der Waals surface area contributed by atoms with Gasteiger partial charge in [0.2, 0.25) is 5.91 Å². The Morgan fingerprint density at radius 1 is 1.36 bits per heavy atom. The van der Waals surface area contributed by atoms with E-state index in [1.807, 2.05) is 11.8 Å². The summed E-state index contributed by atoms with van der Waals surface area (Å²) in [5.74, 6) is 2.77. The number of amides is 1. The molecule has 0 saturated carbocycles. The van der Waals surface area contributed by atoms with Gasteiger partial charge in [-0.25, -0.2) is 0 Å². The van der Waals surface area contributed by atoms with Crippen LogP contribution in [0.2, 0.25) is 0 Å². The van der Waals surface area contributed by atoms with E-state index in [4.69, 9.17) is 0 Å². The highest BCUT2D eigenvalue weighted by atomic mass is 32.2. The van der Waals surface area contributed by atoms with Crippen molar-refractivity contribution < 1.29 is 4.79 Å². The molecular weight excluding hydrogens is 158 g/mol. The number of hydrogen-bond donors (Lipinski definition) is 0. The van der Waals surface area contributed by atoms with Gasteiger partial charge in [0.15, 0.2) is 0 Å². The van der Waals surface area contributed by atoms with Gasteiger partial charge in [0, 0.05) is 24.8 Å². The molecule has 2 saturated heterocycles. The molecule has 0 aromatic carbocycles. The van der Waals surface area contributed by atoms with Gasteiger partial charge < -0.3 is 4.90 Å². The smallest absolute Gasteiger partial charge is 0.222 e. The molecule has 0 N–H and O–H groups in total. The molecule has 0 aliphatic carbocycles. The van der Waals surface area contributed by atoms with Gasteiger partial charge in [-0.15, -0.1) is 0 Å². The third kappa shape index (κ3) is 1.39. The molecule has 0 radical (unpaired) electrons. The predicted octanol–water partition coefficient (Wildman–Crippen LogP) is 1.11. The zero-order valence-corrected chi connectivity index (χ0v) is 7.40. The number of fused-ring (bicyclic) bond motifs is 1. The van der Waals surface area contributed by atoms with Gasteiger partial charge in [0.25, 0.3) is 0 Å². The summed E-state index contributed by atoms with van der Waals surface area (Å²) in [6, 6.07) is 0.595. The lowest BCUT2D eigenvalue weighted by molar-refractivity contribution is -0.128. The maximum atomic E-state index is 11.3. The van der Waals surface area contributed by atoms with Crippen molar-refractivity contribution in [1.82, 2.24) is 4.90 Å². The topological polar surface area (TPSA) is 20.3 Å². The van der Waals surface area contributed by atoms with Gasteiger partial charge in [-0.05, 0) is 18.6 Å². The summed E-state index contributed by atoms with van der Waals surface area (Å²) >= 11 is 1.98. The highest BCUT2D eigenvalue weighted by Gasteiger charge is 2.31. The Labute approximate surface area is 71.3 Å². The van der Waals surface area contributed by atoms with Gasteiger partial charge in [0.1, 0.15) is 0 Å². The Morgan fingerprint density at radius 3 is 3.18 bits per heavy atom. The van der Waals surface area contributed by atoms with E-state index >= 15 is 0 Å². The average molecular weight is 171 g/mol. The molecule has 2 nitrogen and oxygen atoms in total. The normalized spacial score (nSPS) is 31.8. The number of rotatable bonds is 0. The molecule has 1 amide bonds. The summed E-state index contributed by atoms with van der Waals surface area (Å²) in [4.78, 5) is 13.4. The van der Waals surface area contributed by atoms with Crippen molar-refractivity contribution in [2.24, 2.45) is 0 Å². The standard InChI is InChI=1S/C8H13NOS/c10-8-2-1-7-3-5-11-6-4-9(7)8/h7H,1-6H2. The van der Waals surface area contributed by atoms with Crippen LogP contribution < -0.4 is 0 Å². The van der Waals surface area contributed by atoms with E-state index in [2.05, 4.69) is 4.90 Å². The number of carbonyl (C=O) groups is 1. The molecule has 11 heavy (non-hydrogen) atoms. The molecular formula is C8H13NOS. The maximum Gasteiger partial charge on any atom is 0.222 e. The van der Waals surface area contributed by atoms with Crippen LogP contribution in [0.3, 0.4) is 0 Å². The first-order chi connectivity index (χ1) is 5.38. The SMILES string of the molecule is O=C1CCC2CCSCCN12. The molecule has 62 valence electrons. The molecule has 1 atom stereocenters. The first-order valence-electron chi connectivity index (χ1n) is 4.25. The van der Waals surface area contributed by atoms with E-state index in [1.165, 1.54) is 12.2 Å². The minimum Gasteiger partial charge on any atom is -0.339 e. The molecule has 2 aliphatic heterocycles. The molecule has 2 aliphatic rings. The Balaban J connectivity index is 2.06. The van der Waals surface area contributed by atoms with Crippen molar-refractivity contribution in [2.45, 2.75) is 25.3 Å². The summed E-state index contributed by atoms with van der Waals surface area (Å²) in [5.41, 5.74) is 0. The van der Waals surface area contributed by atoms with E-state index in [9.17, 15) is 4.79 Å². The first kappa shape index (κ1) is 7.47. The second-order valence-corrected chi connectivity index (χ2v) is 4.41. The van der Waals surface area contributed by atoms with Crippen molar-refractivity contribution >= 4 is 17.7 Å². The van der Waals surface area contributed by atoms with Crippen LogP contribution in [0.5, 0.6) is 0 Å². The summed E-state index contributed by atoms with van der Waals surface area (Å²) in [7, 11) is 0. The fraction of sp³-hybridized carbons (Fsp3) is 0.875. The molecule has 2 fully saturated rings. The lowest BCUT2D eigenvalue weighted by Gasteiger charge is -2.20. The average Bonchev–Trinajstić information content (AvgIpc) is 2.25. The van der Waals surface area contributed by atoms with Gasteiger partial charge in [-0.3, -0.25) is 4.79 Å². The van der Waals surface area contributed by atoms with Crippen LogP contribution in [-0.2, 0) is 4.79 Å². The second-order valence-electron chi connectivity index (χ2n) is 3.18. The maximum absolute atomic E-state index is 11.3. The fourth-order valence-corrected chi connectivity index (χ4v) is 2.85.